The van der Waals surface area contributed by atoms with Crippen LogP contribution < -0.4 is 4.74 Å². The van der Waals surface area contributed by atoms with Crippen molar-refractivity contribution in [2.45, 2.75) is 13.8 Å². The summed E-state index contributed by atoms with van der Waals surface area (Å²) in [6.07, 6.45) is 1.12. The van der Waals surface area contributed by atoms with Crippen molar-refractivity contribution >= 4 is 11.9 Å². The Morgan fingerprint density at radius 1 is 1.00 bits per heavy atom. The lowest BCUT2D eigenvalue weighted by Gasteiger charge is -2.05. The van der Waals surface area contributed by atoms with Gasteiger partial charge in [-0.3, -0.25) is 0 Å². The summed E-state index contributed by atoms with van der Waals surface area (Å²) >= 11 is 0. The number of methoxy groups -OCH3 is 1. The first-order valence-electron chi connectivity index (χ1n) is 9.40. The zero-order chi connectivity index (χ0) is 22.6. The summed E-state index contributed by atoms with van der Waals surface area (Å²) in [6.45, 7) is 7.64. The summed E-state index contributed by atoms with van der Waals surface area (Å²) in [5, 5.41) is 7.72. The molecule has 0 fully saturated rings. The number of esters is 2. The molecule has 0 aliphatic heterocycles. The van der Waals surface area contributed by atoms with Crippen LogP contribution in [0.5, 0.6) is 5.75 Å². The van der Waals surface area contributed by atoms with E-state index >= 15 is 0 Å². The standard InChI is InChI=1S/C17H14N2O3.C6H10O3/c1-11-3-5-14(6-4-11)17(20)22-15-9-7-13(8-10-15)16-19-18-12(2)21-16;1-3-6(7)9-5-4-8-2/h3-10H,1-2H3;3H,1,4-5H2,2H3. The summed E-state index contributed by atoms with van der Waals surface area (Å²) in [6, 6.07) is 14.2. The molecule has 0 amide bonds. The van der Waals surface area contributed by atoms with Gasteiger partial charge in [-0.2, -0.15) is 0 Å². The Labute approximate surface area is 180 Å². The largest absolute Gasteiger partial charge is 0.460 e. The number of benzene rings is 2. The number of rotatable bonds is 7. The van der Waals surface area contributed by atoms with Crippen LogP contribution in [-0.4, -0.2) is 42.5 Å². The molecular formula is C23H24N2O6. The SMILES string of the molecule is C=CC(=O)OCCOC.Cc1ccc(C(=O)Oc2ccc(-c3nnc(C)o3)cc2)cc1. The molecule has 0 bridgehead atoms. The molecule has 0 aliphatic carbocycles. The highest BCUT2D eigenvalue weighted by atomic mass is 16.6. The van der Waals surface area contributed by atoms with Gasteiger partial charge in [0, 0.05) is 25.7 Å². The smallest absolute Gasteiger partial charge is 0.343 e. The Morgan fingerprint density at radius 3 is 2.23 bits per heavy atom. The van der Waals surface area contributed by atoms with Crippen LogP contribution >= 0.6 is 0 Å². The van der Waals surface area contributed by atoms with Gasteiger partial charge in [-0.1, -0.05) is 24.3 Å². The first kappa shape index (κ1) is 23.5. The molecule has 8 nitrogen and oxygen atoms in total. The minimum absolute atomic E-state index is 0.293. The van der Waals surface area contributed by atoms with Crippen LogP contribution in [0, 0.1) is 13.8 Å². The van der Waals surface area contributed by atoms with Crippen molar-refractivity contribution in [2.24, 2.45) is 0 Å². The van der Waals surface area contributed by atoms with Crippen molar-refractivity contribution < 1.29 is 28.2 Å². The molecular weight excluding hydrogens is 400 g/mol. The quantitative estimate of drug-likeness (QED) is 0.243. The van der Waals surface area contributed by atoms with E-state index in [1.54, 1.807) is 50.4 Å². The molecule has 31 heavy (non-hydrogen) atoms. The van der Waals surface area contributed by atoms with E-state index in [0.29, 0.717) is 36.3 Å². The minimum atomic E-state index is -0.410. The molecule has 8 heteroatoms. The fraction of sp³-hybridized carbons (Fsp3) is 0.217. The highest BCUT2D eigenvalue weighted by Crippen LogP contribution is 2.21. The van der Waals surface area contributed by atoms with E-state index in [9.17, 15) is 9.59 Å². The molecule has 0 aliphatic rings. The molecule has 0 unspecified atom stereocenters. The monoisotopic (exact) mass is 424 g/mol. The van der Waals surface area contributed by atoms with Crippen molar-refractivity contribution in [2.75, 3.05) is 20.3 Å². The number of carbonyl (C=O) groups is 2. The van der Waals surface area contributed by atoms with Crippen molar-refractivity contribution in [3.05, 3.63) is 78.2 Å². The summed E-state index contributed by atoms with van der Waals surface area (Å²) in [7, 11) is 1.54. The Bertz CT molecular complexity index is 994. The molecule has 3 aromatic rings. The van der Waals surface area contributed by atoms with Crippen LogP contribution in [0.1, 0.15) is 21.8 Å². The van der Waals surface area contributed by atoms with E-state index in [4.69, 9.17) is 9.15 Å². The maximum atomic E-state index is 12.0. The van der Waals surface area contributed by atoms with E-state index in [1.165, 1.54) is 0 Å². The third-order valence-electron chi connectivity index (χ3n) is 3.82. The number of nitrogens with zero attached hydrogens (tertiary/aromatic N) is 2. The first-order valence-corrected chi connectivity index (χ1v) is 9.40. The second-order valence-corrected chi connectivity index (χ2v) is 6.27. The van der Waals surface area contributed by atoms with Gasteiger partial charge in [-0.15, -0.1) is 10.2 Å². The number of hydrogen-bond acceptors (Lipinski definition) is 8. The molecule has 1 aromatic heterocycles. The van der Waals surface area contributed by atoms with Crippen LogP contribution in [0.4, 0.5) is 0 Å². The van der Waals surface area contributed by atoms with E-state index in [2.05, 4.69) is 26.3 Å². The van der Waals surface area contributed by atoms with Crippen molar-refractivity contribution in [1.29, 1.82) is 0 Å². The van der Waals surface area contributed by atoms with Gasteiger partial charge in [0.2, 0.25) is 11.8 Å². The molecule has 162 valence electrons. The molecule has 1 heterocycles. The summed E-state index contributed by atoms with van der Waals surface area (Å²) in [5.74, 6) is 0.609. The van der Waals surface area contributed by atoms with Crippen LogP contribution in [0.3, 0.4) is 0 Å². The predicted octanol–water partition coefficient (Wildman–Crippen LogP) is 3.93. The fourth-order valence-corrected chi connectivity index (χ4v) is 2.22. The van der Waals surface area contributed by atoms with E-state index < -0.39 is 5.97 Å². The molecule has 0 N–H and O–H groups in total. The average molecular weight is 424 g/mol. The predicted molar refractivity (Wildman–Crippen MR) is 114 cm³/mol. The van der Waals surface area contributed by atoms with Gasteiger partial charge in [0.05, 0.1) is 12.2 Å². The van der Waals surface area contributed by atoms with Gasteiger partial charge >= 0.3 is 11.9 Å². The molecule has 3 rings (SSSR count). The summed E-state index contributed by atoms with van der Waals surface area (Å²) < 4.78 is 19.8. The lowest BCUT2D eigenvalue weighted by atomic mass is 10.1. The van der Waals surface area contributed by atoms with E-state index in [1.807, 2.05) is 19.1 Å². The van der Waals surface area contributed by atoms with Crippen molar-refractivity contribution in [1.82, 2.24) is 10.2 Å². The van der Waals surface area contributed by atoms with Gasteiger partial charge in [-0.05, 0) is 43.3 Å². The zero-order valence-corrected chi connectivity index (χ0v) is 17.7. The number of hydrogen-bond donors (Lipinski definition) is 0. The average Bonchev–Trinajstić information content (AvgIpc) is 3.21. The maximum absolute atomic E-state index is 12.0. The lowest BCUT2D eigenvalue weighted by molar-refractivity contribution is -0.138. The normalized spacial score (nSPS) is 9.90. The molecule has 2 aromatic carbocycles. The number of aryl methyl sites for hydroxylation is 2. The van der Waals surface area contributed by atoms with Crippen LogP contribution in [0.25, 0.3) is 11.5 Å². The topological polar surface area (TPSA) is 101 Å². The number of aromatic nitrogens is 2. The molecule has 0 saturated heterocycles. The molecule has 0 radical (unpaired) electrons. The van der Waals surface area contributed by atoms with E-state index in [-0.39, 0.29) is 5.97 Å². The second kappa shape index (κ2) is 12.0. The van der Waals surface area contributed by atoms with Crippen molar-refractivity contribution in [3.63, 3.8) is 0 Å². The highest BCUT2D eigenvalue weighted by Gasteiger charge is 2.10. The van der Waals surface area contributed by atoms with Crippen LogP contribution in [0.15, 0.2) is 65.6 Å². The van der Waals surface area contributed by atoms with Crippen molar-refractivity contribution in [3.8, 4) is 17.2 Å². The van der Waals surface area contributed by atoms with Crippen LogP contribution in [-0.2, 0) is 14.3 Å². The third-order valence-corrected chi connectivity index (χ3v) is 3.82. The summed E-state index contributed by atoms with van der Waals surface area (Å²) in [4.78, 5) is 22.3. The van der Waals surface area contributed by atoms with Crippen LogP contribution in [0.2, 0.25) is 0 Å². The highest BCUT2D eigenvalue weighted by molar-refractivity contribution is 5.91. The molecule has 0 spiro atoms. The van der Waals surface area contributed by atoms with Gasteiger partial charge in [-0.25, -0.2) is 9.59 Å². The minimum Gasteiger partial charge on any atom is -0.460 e. The second-order valence-electron chi connectivity index (χ2n) is 6.27. The maximum Gasteiger partial charge on any atom is 0.343 e. The first-order chi connectivity index (χ1) is 14.9. The van der Waals surface area contributed by atoms with Gasteiger partial charge in [0.25, 0.3) is 0 Å². The zero-order valence-electron chi connectivity index (χ0n) is 17.7. The van der Waals surface area contributed by atoms with Gasteiger partial charge in [0.15, 0.2) is 0 Å². The number of carbonyl (C=O) groups excluding carboxylic acids is 2. The Hall–Kier alpha value is -3.78. The lowest BCUT2D eigenvalue weighted by Crippen LogP contribution is -2.08. The Kier molecular flexibility index (Phi) is 9.13. The van der Waals surface area contributed by atoms with Gasteiger partial charge < -0.3 is 18.6 Å². The molecule has 0 saturated carbocycles. The Morgan fingerprint density at radius 2 is 1.68 bits per heavy atom. The van der Waals surface area contributed by atoms with Gasteiger partial charge in [0.1, 0.15) is 12.4 Å². The molecule has 0 atom stereocenters. The Balaban J connectivity index is 0.000000323. The summed E-state index contributed by atoms with van der Waals surface area (Å²) in [5.41, 5.74) is 2.38. The number of ether oxygens (including phenoxy) is 3. The van der Waals surface area contributed by atoms with E-state index in [0.717, 1.165) is 17.2 Å². The third kappa shape index (κ3) is 7.87. The fourth-order valence-electron chi connectivity index (χ4n) is 2.22.